The molecule has 22 heavy (non-hydrogen) atoms. The minimum Gasteiger partial charge on any atom is -0.479 e. The summed E-state index contributed by atoms with van der Waals surface area (Å²) in [4.78, 5) is 13.6. The Morgan fingerprint density at radius 2 is 1.73 bits per heavy atom. The van der Waals surface area contributed by atoms with E-state index in [9.17, 15) is 9.90 Å². The van der Waals surface area contributed by atoms with E-state index in [1.807, 2.05) is 68.4 Å². The summed E-state index contributed by atoms with van der Waals surface area (Å²) < 4.78 is 5.51. The highest BCUT2D eigenvalue weighted by Gasteiger charge is 2.21. The van der Waals surface area contributed by atoms with Crippen molar-refractivity contribution in [2.75, 3.05) is 0 Å². The largest absolute Gasteiger partial charge is 0.479 e. The standard InChI is InChI=1S/C18H20O3S/c1-13(2)21-16(18(19)20)12-14-8-6-7-11-17(14)22-15-9-4-3-5-10-15/h3-11,13,16H,12H2,1-2H3,(H,19,20)/t16-/m1/s1. The molecule has 0 bridgehead atoms. The van der Waals surface area contributed by atoms with E-state index in [2.05, 4.69) is 0 Å². The van der Waals surface area contributed by atoms with Gasteiger partial charge >= 0.3 is 5.97 Å². The van der Waals surface area contributed by atoms with Crippen molar-refractivity contribution in [1.82, 2.24) is 0 Å². The van der Waals surface area contributed by atoms with Gasteiger partial charge in [0.1, 0.15) is 0 Å². The summed E-state index contributed by atoms with van der Waals surface area (Å²) in [6, 6.07) is 17.9. The molecular formula is C18H20O3S. The first-order valence-corrected chi connectivity index (χ1v) is 8.07. The van der Waals surface area contributed by atoms with Gasteiger partial charge < -0.3 is 9.84 Å². The number of aliphatic carboxylic acids is 1. The molecule has 0 aliphatic carbocycles. The van der Waals surface area contributed by atoms with E-state index in [0.717, 1.165) is 15.4 Å². The van der Waals surface area contributed by atoms with Gasteiger partial charge in [-0.2, -0.15) is 0 Å². The van der Waals surface area contributed by atoms with Crippen LogP contribution in [0.3, 0.4) is 0 Å². The van der Waals surface area contributed by atoms with Gasteiger partial charge in [-0.1, -0.05) is 48.2 Å². The number of carboxylic acid groups (broad SMARTS) is 1. The van der Waals surface area contributed by atoms with Gasteiger partial charge in [0.05, 0.1) is 6.10 Å². The second kappa shape index (κ2) is 8.01. The number of benzene rings is 2. The van der Waals surface area contributed by atoms with Crippen molar-refractivity contribution in [1.29, 1.82) is 0 Å². The van der Waals surface area contributed by atoms with Crippen LogP contribution in [-0.2, 0) is 16.0 Å². The van der Waals surface area contributed by atoms with Crippen LogP contribution >= 0.6 is 11.8 Å². The lowest BCUT2D eigenvalue weighted by Gasteiger charge is -2.18. The van der Waals surface area contributed by atoms with Crippen molar-refractivity contribution in [3.05, 3.63) is 60.2 Å². The number of hydrogen-bond acceptors (Lipinski definition) is 3. The van der Waals surface area contributed by atoms with E-state index in [4.69, 9.17) is 4.74 Å². The molecule has 4 heteroatoms. The molecule has 2 rings (SSSR count). The summed E-state index contributed by atoms with van der Waals surface area (Å²) in [7, 11) is 0. The summed E-state index contributed by atoms with van der Waals surface area (Å²) in [6.07, 6.45) is -0.573. The number of carboxylic acids is 1. The highest BCUT2D eigenvalue weighted by molar-refractivity contribution is 7.99. The van der Waals surface area contributed by atoms with E-state index in [1.165, 1.54) is 0 Å². The first-order valence-electron chi connectivity index (χ1n) is 7.25. The maximum Gasteiger partial charge on any atom is 0.333 e. The Morgan fingerprint density at radius 1 is 1.09 bits per heavy atom. The number of ether oxygens (including phenoxy) is 1. The molecule has 0 saturated heterocycles. The molecule has 0 fully saturated rings. The zero-order valence-electron chi connectivity index (χ0n) is 12.7. The minimum atomic E-state index is -0.923. The Morgan fingerprint density at radius 3 is 2.36 bits per heavy atom. The van der Waals surface area contributed by atoms with Gasteiger partial charge in [-0.05, 0) is 37.6 Å². The molecule has 2 aromatic carbocycles. The third-order valence-corrected chi connectivity index (χ3v) is 4.19. The molecule has 0 aromatic heterocycles. The first-order chi connectivity index (χ1) is 10.6. The smallest absolute Gasteiger partial charge is 0.333 e. The summed E-state index contributed by atoms with van der Waals surface area (Å²) >= 11 is 1.64. The Kier molecular flexibility index (Phi) is 6.04. The molecule has 1 N–H and O–H groups in total. The van der Waals surface area contributed by atoms with E-state index in [0.29, 0.717) is 6.42 Å². The maximum absolute atomic E-state index is 11.4. The number of rotatable bonds is 7. The van der Waals surface area contributed by atoms with Gasteiger partial charge in [0.25, 0.3) is 0 Å². The molecule has 3 nitrogen and oxygen atoms in total. The lowest BCUT2D eigenvalue weighted by molar-refractivity contribution is -0.153. The molecule has 0 aliphatic heterocycles. The quantitative estimate of drug-likeness (QED) is 0.829. The fraction of sp³-hybridized carbons (Fsp3) is 0.278. The lowest BCUT2D eigenvalue weighted by Crippen LogP contribution is -2.29. The van der Waals surface area contributed by atoms with Gasteiger partial charge in [0, 0.05) is 16.2 Å². The van der Waals surface area contributed by atoms with E-state index >= 15 is 0 Å². The van der Waals surface area contributed by atoms with Crippen molar-refractivity contribution in [3.63, 3.8) is 0 Å². The fourth-order valence-electron chi connectivity index (χ4n) is 2.11. The summed E-state index contributed by atoms with van der Waals surface area (Å²) in [5.74, 6) is -0.923. The van der Waals surface area contributed by atoms with Crippen LogP contribution in [-0.4, -0.2) is 23.3 Å². The van der Waals surface area contributed by atoms with Crippen molar-refractivity contribution >= 4 is 17.7 Å². The predicted molar refractivity (Wildman–Crippen MR) is 88.4 cm³/mol. The zero-order chi connectivity index (χ0) is 15.9. The molecule has 0 heterocycles. The van der Waals surface area contributed by atoms with Crippen LogP contribution in [0.1, 0.15) is 19.4 Å². The first kappa shape index (κ1) is 16.6. The summed E-state index contributed by atoms with van der Waals surface area (Å²) in [5.41, 5.74) is 0.990. The third-order valence-electron chi connectivity index (χ3n) is 3.06. The van der Waals surface area contributed by atoms with Gasteiger partial charge in [0.2, 0.25) is 0 Å². The second-order valence-electron chi connectivity index (χ2n) is 5.24. The van der Waals surface area contributed by atoms with Crippen LogP contribution in [0.5, 0.6) is 0 Å². The second-order valence-corrected chi connectivity index (χ2v) is 6.35. The van der Waals surface area contributed by atoms with Crippen molar-refractivity contribution in [2.24, 2.45) is 0 Å². The van der Waals surface area contributed by atoms with Crippen LogP contribution in [0.2, 0.25) is 0 Å². The van der Waals surface area contributed by atoms with Crippen LogP contribution in [0, 0.1) is 0 Å². The SMILES string of the molecule is CC(C)O[C@H](Cc1ccccc1Sc1ccccc1)C(=O)O. The molecule has 0 aliphatic rings. The van der Waals surface area contributed by atoms with Gasteiger partial charge in [0.15, 0.2) is 6.10 Å². The predicted octanol–water partition coefficient (Wildman–Crippen LogP) is 4.26. The fourth-order valence-corrected chi connectivity index (χ4v) is 3.09. The monoisotopic (exact) mass is 316 g/mol. The molecule has 0 unspecified atom stereocenters. The molecule has 0 amide bonds. The summed E-state index contributed by atoms with van der Waals surface area (Å²) in [6.45, 7) is 3.70. The zero-order valence-corrected chi connectivity index (χ0v) is 13.5. The van der Waals surface area contributed by atoms with Crippen molar-refractivity contribution in [3.8, 4) is 0 Å². The van der Waals surface area contributed by atoms with E-state index in [1.54, 1.807) is 11.8 Å². The third kappa shape index (κ3) is 4.90. The number of hydrogen-bond donors (Lipinski definition) is 1. The molecule has 1 atom stereocenters. The molecule has 0 saturated carbocycles. The highest BCUT2D eigenvalue weighted by atomic mass is 32.2. The average molecular weight is 316 g/mol. The maximum atomic E-state index is 11.4. The van der Waals surface area contributed by atoms with Crippen LogP contribution in [0.15, 0.2) is 64.4 Å². The van der Waals surface area contributed by atoms with E-state index < -0.39 is 12.1 Å². The Bertz CT molecular complexity index is 611. The Balaban J connectivity index is 2.18. The average Bonchev–Trinajstić information content (AvgIpc) is 2.49. The molecule has 0 spiro atoms. The Hall–Kier alpha value is -1.78. The molecule has 116 valence electrons. The van der Waals surface area contributed by atoms with Crippen molar-refractivity contribution in [2.45, 2.75) is 42.3 Å². The molecule has 2 aromatic rings. The van der Waals surface area contributed by atoms with Gasteiger partial charge in [-0.25, -0.2) is 4.79 Å². The highest BCUT2D eigenvalue weighted by Crippen LogP contribution is 2.31. The number of carbonyl (C=O) groups is 1. The van der Waals surface area contributed by atoms with Crippen LogP contribution in [0.4, 0.5) is 0 Å². The van der Waals surface area contributed by atoms with E-state index in [-0.39, 0.29) is 6.10 Å². The van der Waals surface area contributed by atoms with Crippen LogP contribution in [0.25, 0.3) is 0 Å². The van der Waals surface area contributed by atoms with Crippen LogP contribution < -0.4 is 0 Å². The lowest BCUT2D eigenvalue weighted by atomic mass is 10.1. The Labute approximate surface area is 135 Å². The summed E-state index contributed by atoms with van der Waals surface area (Å²) in [5, 5.41) is 9.33. The topological polar surface area (TPSA) is 46.5 Å². The van der Waals surface area contributed by atoms with Gasteiger partial charge in [-0.3, -0.25) is 0 Å². The van der Waals surface area contributed by atoms with Gasteiger partial charge in [-0.15, -0.1) is 0 Å². The minimum absolute atomic E-state index is 0.116. The normalized spacial score (nSPS) is 12.3. The molecular weight excluding hydrogens is 296 g/mol. The molecule has 0 radical (unpaired) electrons. The van der Waals surface area contributed by atoms with Crippen molar-refractivity contribution < 1.29 is 14.6 Å².